The molecule has 2 rings (SSSR count). The number of nitrogens with one attached hydrogen (secondary N) is 1. The van der Waals surface area contributed by atoms with E-state index in [0.29, 0.717) is 22.8 Å². The fraction of sp³-hybridized carbons (Fsp3) is 0.211. The molecule has 0 unspecified atom stereocenters. The van der Waals surface area contributed by atoms with Gasteiger partial charge < -0.3 is 29.4 Å². The molecular weight excluding hydrogens is 412 g/mol. The van der Waals surface area contributed by atoms with Gasteiger partial charge in [0.15, 0.2) is 0 Å². The number of aromatic nitrogens is 1. The minimum atomic E-state index is -0.0992. The first-order valence-electron chi connectivity index (χ1n) is 8.22. The van der Waals surface area contributed by atoms with Crippen molar-refractivity contribution in [2.75, 3.05) is 26.1 Å². The van der Waals surface area contributed by atoms with Gasteiger partial charge in [0.1, 0.15) is 39.7 Å². The van der Waals surface area contributed by atoms with Crippen molar-refractivity contribution >= 4 is 34.0 Å². The molecule has 1 heterocycles. The Morgan fingerprint density at radius 2 is 1.93 bits per heavy atom. The largest absolute Gasteiger partial charge is 0.496 e. The molecule has 1 aromatic carbocycles. The van der Waals surface area contributed by atoms with Crippen LogP contribution in [0.3, 0.4) is 0 Å². The van der Waals surface area contributed by atoms with Crippen LogP contribution < -0.4 is 24.7 Å². The van der Waals surface area contributed by atoms with Crippen molar-refractivity contribution in [1.29, 1.82) is 5.26 Å². The third kappa shape index (κ3) is 5.91. The lowest BCUT2D eigenvalue weighted by atomic mass is 10.1. The third-order valence-electron chi connectivity index (χ3n) is 3.67. The minimum absolute atomic E-state index is 0.0106. The van der Waals surface area contributed by atoms with Crippen LogP contribution >= 0.6 is 24.2 Å². The van der Waals surface area contributed by atoms with Gasteiger partial charge in [-0.1, -0.05) is 12.2 Å². The summed E-state index contributed by atoms with van der Waals surface area (Å²) in [6.45, 7) is 0.0106. The van der Waals surface area contributed by atoms with E-state index in [4.69, 9.17) is 36.9 Å². The lowest BCUT2D eigenvalue weighted by Gasteiger charge is -2.16. The van der Waals surface area contributed by atoms with Gasteiger partial charge in [-0.05, 0) is 24.1 Å². The topological polar surface area (TPSA) is 112 Å². The standard InChI is InChI=1S/C19H20N4O4S2/c1-24-13-7-16(25-2)15(17(8-13)26-3)11-27-18(21)14(9-20)19(28)29-23-12-5-4-6-22-10-12/h4-8,10,23H,11,21H2,1-3H3. The van der Waals surface area contributed by atoms with Gasteiger partial charge in [-0.2, -0.15) is 5.26 Å². The first kappa shape index (κ1) is 22.1. The number of nitrogens with zero attached hydrogens (tertiary/aromatic N) is 2. The first-order valence-corrected chi connectivity index (χ1v) is 9.45. The maximum absolute atomic E-state index is 9.46. The summed E-state index contributed by atoms with van der Waals surface area (Å²) in [5.41, 5.74) is 7.38. The molecule has 2 aromatic rings. The zero-order chi connectivity index (χ0) is 21.2. The van der Waals surface area contributed by atoms with Gasteiger partial charge >= 0.3 is 0 Å². The molecular formula is C19H20N4O4S2. The molecule has 29 heavy (non-hydrogen) atoms. The number of rotatable bonds is 9. The number of ether oxygens (including phenoxy) is 4. The number of pyridine rings is 1. The molecule has 0 fully saturated rings. The molecule has 0 radical (unpaired) electrons. The molecule has 0 amide bonds. The van der Waals surface area contributed by atoms with Crippen molar-refractivity contribution in [3.8, 4) is 23.3 Å². The Morgan fingerprint density at radius 1 is 1.24 bits per heavy atom. The summed E-state index contributed by atoms with van der Waals surface area (Å²) in [5.74, 6) is 1.48. The van der Waals surface area contributed by atoms with Gasteiger partial charge in [0, 0.05) is 18.3 Å². The fourth-order valence-electron chi connectivity index (χ4n) is 2.22. The highest BCUT2D eigenvalue weighted by molar-refractivity contribution is 8.24. The van der Waals surface area contributed by atoms with E-state index >= 15 is 0 Å². The van der Waals surface area contributed by atoms with Crippen molar-refractivity contribution in [3.63, 3.8) is 0 Å². The second kappa shape index (κ2) is 11.0. The minimum Gasteiger partial charge on any atom is -0.496 e. The average Bonchev–Trinajstić information content (AvgIpc) is 2.76. The van der Waals surface area contributed by atoms with Crippen LogP contribution in [0.5, 0.6) is 17.2 Å². The number of hydrogen-bond donors (Lipinski definition) is 2. The second-order valence-corrected chi connectivity index (χ2v) is 6.87. The number of hydrogen-bond acceptors (Lipinski definition) is 10. The molecule has 3 N–H and O–H groups in total. The van der Waals surface area contributed by atoms with E-state index in [1.165, 1.54) is 14.2 Å². The highest BCUT2D eigenvalue weighted by atomic mass is 32.2. The van der Waals surface area contributed by atoms with Crippen LogP contribution in [0.15, 0.2) is 48.1 Å². The van der Waals surface area contributed by atoms with Crippen LogP contribution in [-0.2, 0) is 11.3 Å². The normalized spacial score (nSPS) is 11.0. The van der Waals surface area contributed by atoms with Gasteiger partial charge in [0.25, 0.3) is 0 Å². The molecule has 8 nitrogen and oxygen atoms in total. The van der Waals surface area contributed by atoms with Crippen LogP contribution in [0.1, 0.15) is 5.56 Å². The molecule has 0 aliphatic heterocycles. The average molecular weight is 433 g/mol. The Hall–Kier alpha value is -3.16. The highest BCUT2D eigenvalue weighted by Crippen LogP contribution is 2.35. The van der Waals surface area contributed by atoms with Crippen molar-refractivity contribution in [2.45, 2.75) is 6.61 Å². The number of benzene rings is 1. The van der Waals surface area contributed by atoms with E-state index in [0.717, 1.165) is 17.6 Å². The third-order valence-corrected chi connectivity index (χ3v) is 4.86. The molecule has 0 saturated carbocycles. The van der Waals surface area contributed by atoms with Gasteiger partial charge in [-0.3, -0.25) is 4.98 Å². The van der Waals surface area contributed by atoms with Gasteiger partial charge in [0.2, 0.25) is 5.88 Å². The smallest absolute Gasteiger partial charge is 0.204 e. The Bertz CT molecular complexity index is 905. The van der Waals surface area contributed by atoms with E-state index < -0.39 is 0 Å². The quantitative estimate of drug-likeness (QED) is 0.201. The molecule has 0 saturated heterocycles. The zero-order valence-electron chi connectivity index (χ0n) is 16.1. The Morgan fingerprint density at radius 3 is 2.45 bits per heavy atom. The molecule has 152 valence electrons. The van der Waals surface area contributed by atoms with E-state index in [1.54, 1.807) is 37.7 Å². The molecule has 1 aromatic heterocycles. The summed E-state index contributed by atoms with van der Waals surface area (Å²) in [4.78, 5) is 3.99. The molecule has 0 atom stereocenters. The van der Waals surface area contributed by atoms with Crippen LogP contribution in [0.4, 0.5) is 5.69 Å². The maximum Gasteiger partial charge on any atom is 0.204 e. The summed E-state index contributed by atoms with van der Waals surface area (Å²) in [6.07, 6.45) is 3.29. The lowest BCUT2D eigenvalue weighted by Crippen LogP contribution is -2.12. The Balaban J connectivity index is 2.14. The van der Waals surface area contributed by atoms with Gasteiger partial charge in [0.05, 0.1) is 38.8 Å². The summed E-state index contributed by atoms with van der Waals surface area (Å²) in [6, 6.07) is 8.97. The van der Waals surface area contributed by atoms with E-state index in [1.807, 2.05) is 12.1 Å². The molecule has 0 aliphatic carbocycles. The van der Waals surface area contributed by atoms with Crippen molar-refractivity contribution < 1.29 is 18.9 Å². The van der Waals surface area contributed by atoms with Crippen LogP contribution in [-0.4, -0.2) is 30.5 Å². The molecule has 0 spiro atoms. The fourth-order valence-corrected chi connectivity index (χ4v) is 3.07. The second-order valence-electron chi connectivity index (χ2n) is 5.38. The Kier molecular flexibility index (Phi) is 8.39. The summed E-state index contributed by atoms with van der Waals surface area (Å²) in [7, 11) is 4.59. The van der Waals surface area contributed by atoms with Gasteiger partial charge in [-0.15, -0.1) is 0 Å². The Labute approximate surface area is 178 Å². The van der Waals surface area contributed by atoms with Crippen molar-refractivity contribution in [3.05, 3.63) is 53.7 Å². The van der Waals surface area contributed by atoms with Crippen LogP contribution in [0.2, 0.25) is 0 Å². The van der Waals surface area contributed by atoms with Crippen molar-refractivity contribution in [2.24, 2.45) is 5.73 Å². The van der Waals surface area contributed by atoms with Crippen LogP contribution in [0.25, 0.3) is 0 Å². The number of nitriles is 1. The summed E-state index contributed by atoms with van der Waals surface area (Å²) in [5, 5.41) is 9.46. The number of thiocarbonyl (C=S) groups is 1. The zero-order valence-corrected chi connectivity index (χ0v) is 17.7. The predicted octanol–water partition coefficient (Wildman–Crippen LogP) is 3.41. The highest BCUT2D eigenvalue weighted by Gasteiger charge is 2.17. The SMILES string of the molecule is COc1cc(OC)c(COC(N)=C(C#N)C(=S)SNc2cccnc2)c(OC)c1. The van der Waals surface area contributed by atoms with E-state index in [9.17, 15) is 5.26 Å². The van der Waals surface area contributed by atoms with Crippen LogP contribution in [0, 0.1) is 11.3 Å². The maximum atomic E-state index is 9.46. The predicted molar refractivity (Wildman–Crippen MR) is 116 cm³/mol. The van der Waals surface area contributed by atoms with Crippen molar-refractivity contribution in [1.82, 2.24) is 4.98 Å². The molecule has 0 bridgehead atoms. The number of anilines is 1. The first-order chi connectivity index (χ1) is 14.0. The van der Waals surface area contributed by atoms with E-state index in [2.05, 4.69) is 9.71 Å². The number of methoxy groups -OCH3 is 3. The number of nitrogens with two attached hydrogens (primary N) is 1. The van der Waals surface area contributed by atoms with Gasteiger partial charge in [-0.25, -0.2) is 0 Å². The summed E-state index contributed by atoms with van der Waals surface area (Å²) < 4.78 is 24.8. The molecule has 0 aliphatic rings. The molecule has 10 heteroatoms. The lowest BCUT2D eigenvalue weighted by molar-refractivity contribution is 0.187. The monoisotopic (exact) mass is 432 g/mol. The van der Waals surface area contributed by atoms with E-state index in [-0.39, 0.29) is 22.3 Å². The summed E-state index contributed by atoms with van der Waals surface area (Å²) >= 11 is 6.35.